The van der Waals surface area contributed by atoms with Crippen LogP contribution in [0.3, 0.4) is 0 Å². The van der Waals surface area contributed by atoms with Crippen molar-refractivity contribution >= 4 is 5.96 Å². The predicted molar refractivity (Wildman–Crippen MR) is 86.9 cm³/mol. The third-order valence-electron chi connectivity index (χ3n) is 5.86. The van der Waals surface area contributed by atoms with Crippen LogP contribution < -0.4 is 10.6 Å². The number of aliphatic imine (C=N–C) groups is 1. The molecule has 3 unspecified atom stereocenters. The van der Waals surface area contributed by atoms with Gasteiger partial charge in [0.05, 0.1) is 6.10 Å². The number of aromatic nitrogens is 3. The molecule has 2 aliphatic carbocycles. The first kappa shape index (κ1) is 14.9. The fraction of sp³-hybridized carbons (Fsp3) is 0.812. The number of nitrogens with zero attached hydrogens (tertiary/aromatic N) is 4. The van der Waals surface area contributed by atoms with Gasteiger partial charge in [-0.1, -0.05) is 6.42 Å². The Balaban J connectivity index is 1.46. The normalized spacial score (nSPS) is 31.4. The van der Waals surface area contributed by atoms with Gasteiger partial charge in [0.15, 0.2) is 5.96 Å². The van der Waals surface area contributed by atoms with E-state index in [4.69, 9.17) is 9.73 Å². The van der Waals surface area contributed by atoms with Gasteiger partial charge >= 0.3 is 0 Å². The summed E-state index contributed by atoms with van der Waals surface area (Å²) in [5, 5.41) is 11.2. The summed E-state index contributed by atoms with van der Waals surface area (Å²) in [7, 11) is 1.90. The molecule has 3 atom stereocenters. The van der Waals surface area contributed by atoms with Crippen LogP contribution in [0.4, 0.5) is 0 Å². The molecule has 1 aromatic rings. The molecule has 1 aromatic heterocycles. The number of guanidine groups is 1. The Bertz CT molecular complexity index is 593. The van der Waals surface area contributed by atoms with E-state index in [1.807, 2.05) is 7.05 Å². The van der Waals surface area contributed by atoms with E-state index in [1.54, 1.807) is 11.0 Å². The van der Waals surface area contributed by atoms with Crippen LogP contribution in [0.2, 0.25) is 0 Å². The van der Waals surface area contributed by atoms with Crippen molar-refractivity contribution in [3.05, 3.63) is 12.2 Å². The van der Waals surface area contributed by atoms with E-state index in [0.29, 0.717) is 30.0 Å². The van der Waals surface area contributed by atoms with Crippen LogP contribution in [0, 0.1) is 11.3 Å². The van der Waals surface area contributed by atoms with Gasteiger partial charge in [0.1, 0.15) is 18.7 Å². The van der Waals surface area contributed by atoms with Crippen molar-refractivity contribution < 1.29 is 4.74 Å². The monoisotopic (exact) mass is 318 g/mol. The number of hydrogen-bond donors (Lipinski definition) is 2. The lowest BCUT2D eigenvalue weighted by molar-refractivity contribution is -0.171. The Labute approximate surface area is 136 Å². The quantitative estimate of drug-likeness (QED) is 0.635. The number of ether oxygens (including phenoxy) is 1. The van der Waals surface area contributed by atoms with Crippen LogP contribution in [-0.2, 0) is 18.3 Å². The minimum atomic E-state index is 0.363. The molecule has 3 fully saturated rings. The van der Waals surface area contributed by atoms with Crippen LogP contribution in [0.25, 0.3) is 0 Å². The maximum Gasteiger partial charge on any atom is 0.191 e. The molecule has 7 heteroatoms. The average molecular weight is 318 g/mol. The number of nitrogens with one attached hydrogen (secondary N) is 2. The van der Waals surface area contributed by atoms with Gasteiger partial charge in [-0.15, -0.1) is 0 Å². The van der Waals surface area contributed by atoms with Crippen molar-refractivity contribution in [1.29, 1.82) is 0 Å². The summed E-state index contributed by atoms with van der Waals surface area (Å²) in [6.45, 7) is 4.41. The van der Waals surface area contributed by atoms with Gasteiger partial charge in [-0.25, -0.2) is 9.98 Å². The Kier molecular flexibility index (Phi) is 3.75. The van der Waals surface area contributed by atoms with Gasteiger partial charge in [0, 0.05) is 37.6 Å². The topological polar surface area (TPSA) is 76.4 Å². The van der Waals surface area contributed by atoms with E-state index < -0.39 is 0 Å². The van der Waals surface area contributed by atoms with E-state index >= 15 is 0 Å². The maximum atomic E-state index is 5.99. The molecule has 1 saturated heterocycles. The van der Waals surface area contributed by atoms with Crippen LogP contribution in [-0.4, -0.2) is 46.0 Å². The van der Waals surface area contributed by atoms with Crippen molar-refractivity contribution in [2.45, 2.75) is 51.3 Å². The second-order valence-electron chi connectivity index (χ2n) is 6.95. The van der Waals surface area contributed by atoms with Gasteiger partial charge in [-0.3, -0.25) is 4.68 Å². The molecular weight excluding hydrogens is 292 g/mol. The summed E-state index contributed by atoms with van der Waals surface area (Å²) in [5.74, 6) is 2.40. The van der Waals surface area contributed by atoms with E-state index in [2.05, 4.69) is 27.6 Å². The standard InChI is InChI=1S/C16H26N6O/c1-3-17-15(18-9-12-19-10-20-22(12)2)21-13-11-5-8-23-14(11)16(13)6-4-7-16/h10-11,13-14H,3-9H2,1-2H3,(H2,17,18,21). The first-order valence-electron chi connectivity index (χ1n) is 8.74. The van der Waals surface area contributed by atoms with Gasteiger partial charge in [0.25, 0.3) is 0 Å². The highest BCUT2D eigenvalue weighted by Gasteiger charge is 2.66. The Morgan fingerprint density at radius 2 is 2.39 bits per heavy atom. The lowest BCUT2D eigenvalue weighted by Gasteiger charge is -2.63. The summed E-state index contributed by atoms with van der Waals surface area (Å²) in [6, 6.07) is 0.501. The van der Waals surface area contributed by atoms with E-state index in [-0.39, 0.29) is 0 Å². The third kappa shape index (κ3) is 2.33. The zero-order chi connectivity index (χ0) is 15.9. The largest absolute Gasteiger partial charge is 0.377 e. The van der Waals surface area contributed by atoms with E-state index in [9.17, 15) is 0 Å². The molecule has 2 heterocycles. The number of rotatable bonds is 4. The molecule has 0 aromatic carbocycles. The molecule has 0 amide bonds. The van der Waals surface area contributed by atoms with Crippen LogP contribution in [0.15, 0.2) is 11.3 Å². The number of aryl methyl sites for hydroxylation is 1. The molecule has 4 rings (SSSR count). The molecule has 7 nitrogen and oxygen atoms in total. The SMILES string of the molecule is CCNC(=NCc1ncnn1C)NC1C2CCOC2C12CCC2. The molecule has 1 spiro atoms. The van der Waals surface area contributed by atoms with Crippen molar-refractivity contribution in [1.82, 2.24) is 25.4 Å². The third-order valence-corrected chi connectivity index (χ3v) is 5.86. The van der Waals surface area contributed by atoms with Crippen molar-refractivity contribution in [3.63, 3.8) is 0 Å². The Morgan fingerprint density at radius 3 is 3.04 bits per heavy atom. The first-order valence-corrected chi connectivity index (χ1v) is 8.74. The predicted octanol–water partition coefficient (Wildman–Crippen LogP) is 0.828. The average Bonchev–Trinajstić information content (AvgIpc) is 3.08. The van der Waals surface area contributed by atoms with Gasteiger partial charge in [-0.2, -0.15) is 5.10 Å². The van der Waals surface area contributed by atoms with Gasteiger partial charge in [0.2, 0.25) is 0 Å². The van der Waals surface area contributed by atoms with E-state index in [0.717, 1.165) is 24.9 Å². The Morgan fingerprint density at radius 1 is 1.52 bits per heavy atom. The van der Waals surface area contributed by atoms with Crippen molar-refractivity contribution in [2.75, 3.05) is 13.2 Å². The lowest BCUT2D eigenvalue weighted by Crippen LogP contribution is -2.72. The van der Waals surface area contributed by atoms with Crippen LogP contribution >= 0.6 is 0 Å². The Hall–Kier alpha value is -1.63. The molecule has 3 aliphatic rings. The molecular formula is C16H26N6O. The molecule has 0 radical (unpaired) electrons. The highest BCUT2D eigenvalue weighted by Crippen LogP contribution is 2.62. The minimum absolute atomic E-state index is 0.363. The van der Waals surface area contributed by atoms with Crippen molar-refractivity contribution in [2.24, 2.45) is 23.4 Å². The zero-order valence-electron chi connectivity index (χ0n) is 14.0. The second kappa shape index (κ2) is 5.78. The summed E-state index contributed by atoms with van der Waals surface area (Å²) in [6.07, 6.45) is 7.13. The zero-order valence-corrected chi connectivity index (χ0v) is 14.0. The first-order chi connectivity index (χ1) is 11.2. The van der Waals surface area contributed by atoms with Gasteiger partial charge < -0.3 is 15.4 Å². The fourth-order valence-electron chi connectivity index (χ4n) is 4.54. The smallest absolute Gasteiger partial charge is 0.191 e. The molecule has 1 aliphatic heterocycles. The highest BCUT2D eigenvalue weighted by molar-refractivity contribution is 5.80. The van der Waals surface area contributed by atoms with Crippen LogP contribution in [0.1, 0.15) is 38.4 Å². The summed E-state index contributed by atoms with van der Waals surface area (Å²) < 4.78 is 7.76. The minimum Gasteiger partial charge on any atom is -0.377 e. The summed E-state index contributed by atoms with van der Waals surface area (Å²) in [5.41, 5.74) is 0.363. The molecule has 126 valence electrons. The summed E-state index contributed by atoms with van der Waals surface area (Å²) >= 11 is 0. The lowest BCUT2D eigenvalue weighted by atomic mass is 9.46. The highest BCUT2D eigenvalue weighted by atomic mass is 16.5. The molecule has 2 N–H and O–H groups in total. The molecule has 0 bridgehead atoms. The van der Waals surface area contributed by atoms with Gasteiger partial charge in [-0.05, 0) is 26.2 Å². The maximum absolute atomic E-state index is 5.99. The van der Waals surface area contributed by atoms with Crippen LogP contribution in [0.5, 0.6) is 0 Å². The molecule has 2 saturated carbocycles. The number of hydrogen-bond acceptors (Lipinski definition) is 4. The second-order valence-corrected chi connectivity index (χ2v) is 6.95. The summed E-state index contributed by atoms with van der Waals surface area (Å²) in [4.78, 5) is 8.95. The number of fused-ring (bicyclic) bond motifs is 2. The van der Waals surface area contributed by atoms with E-state index in [1.165, 1.54) is 25.7 Å². The van der Waals surface area contributed by atoms with Crippen molar-refractivity contribution in [3.8, 4) is 0 Å². The fourth-order valence-corrected chi connectivity index (χ4v) is 4.54. The molecule has 23 heavy (non-hydrogen) atoms.